The van der Waals surface area contributed by atoms with Gasteiger partial charge >= 0.3 is 0 Å². The van der Waals surface area contributed by atoms with E-state index >= 15 is 0 Å². The van der Waals surface area contributed by atoms with Gasteiger partial charge in [0.25, 0.3) is 5.69 Å². The third kappa shape index (κ3) is 4.49. The van der Waals surface area contributed by atoms with E-state index in [1.54, 1.807) is 11.8 Å². The monoisotopic (exact) mass is 267 g/mol. The van der Waals surface area contributed by atoms with E-state index in [0.717, 1.165) is 12.2 Å². The SMILES string of the molecule is CCC(C)CSCC(=O)c1ccc([N+](=O)[O-])cc1. The number of rotatable bonds is 7. The van der Waals surface area contributed by atoms with Crippen molar-refractivity contribution in [1.29, 1.82) is 0 Å². The van der Waals surface area contributed by atoms with E-state index in [4.69, 9.17) is 0 Å². The number of hydrogen-bond acceptors (Lipinski definition) is 4. The van der Waals surface area contributed by atoms with E-state index < -0.39 is 4.92 Å². The maximum atomic E-state index is 11.8. The average molecular weight is 267 g/mol. The van der Waals surface area contributed by atoms with Gasteiger partial charge in [0.2, 0.25) is 0 Å². The molecule has 0 bridgehead atoms. The highest BCUT2D eigenvalue weighted by molar-refractivity contribution is 7.99. The fraction of sp³-hybridized carbons (Fsp3) is 0.462. The van der Waals surface area contributed by atoms with Crippen LogP contribution in [-0.2, 0) is 0 Å². The zero-order valence-electron chi connectivity index (χ0n) is 10.6. The number of benzene rings is 1. The number of non-ortho nitro benzene ring substituents is 1. The minimum atomic E-state index is -0.466. The highest BCUT2D eigenvalue weighted by Gasteiger charge is 2.10. The highest BCUT2D eigenvalue weighted by Crippen LogP contribution is 2.16. The van der Waals surface area contributed by atoms with Crippen LogP contribution < -0.4 is 0 Å². The number of carbonyl (C=O) groups excluding carboxylic acids is 1. The molecule has 4 nitrogen and oxygen atoms in total. The molecule has 0 saturated carbocycles. The smallest absolute Gasteiger partial charge is 0.269 e. The summed E-state index contributed by atoms with van der Waals surface area (Å²) in [6.45, 7) is 4.28. The molecule has 0 aromatic heterocycles. The lowest BCUT2D eigenvalue weighted by Crippen LogP contribution is -2.05. The molecule has 0 fully saturated rings. The van der Waals surface area contributed by atoms with Gasteiger partial charge in [-0.3, -0.25) is 14.9 Å². The molecule has 98 valence electrons. The Labute approximate surface area is 111 Å². The second-order valence-corrected chi connectivity index (χ2v) is 5.29. The van der Waals surface area contributed by atoms with Gasteiger partial charge in [-0.15, -0.1) is 0 Å². The van der Waals surface area contributed by atoms with Gasteiger partial charge in [0.05, 0.1) is 10.7 Å². The largest absolute Gasteiger partial charge is 0.293 e. The Hall–Kier alpha value is -1.36. The Bertz CT molecular complexity index is 417. The molecule has 0 aliphatic rings. The van der Waals surface area contributed by atoms with Crippen molar-refractivity contribution in [2.45, 2.75) is 20.3 Å². The van der Waals surface area contributed by atoms with Gasteiger partial charge in [-0.1, -0.05) is 20.3 Å². The summed E-state index contributed by atoms with van der Waals surface area (Å²) in [5.41, 5.74) is 0.552. The molecule has 1 rings (SSSR count). The first-order valence-corrected chi connectivity index (χ1v) is 7.05. The third-order valence-electron chi connectivity index (χ3n) is 2.73. The molecule has 5 heteroatoms. The maximum absolute atomic E-state index is 11.8. The Morgan fingerprint density at radius 2 is 2.00 bits per heavy atom. The van der Waals surface area contributed by atoms with E-state index in [0.29, 0.717) is 17.2 Å². The van der Waals surface area contributed by atoms with Crippen molar-refractivity contribution in [2.24, 2.45) is 5.92 Å². The van der Waals surface area contributed by atoms with Gasteiger partial charge in [0, 0.05) is 17.7 Å². The van der Waals surface area contributed by atoms with Crippen molar-refractivity contribution in [3.05, 3.63) is 39.9 Å². The molecule has 0 N–H and O–H groups in total. The minimum Gasteiger partial charge on any atom is -0.293 e. The first-order valence-electron chi connectivity index (χ1n) is 5.90. The van der Waals surface area contributed by atoms with E-state index in [1.807, 2.05) is 0 Å². The summed E-state index contributed by atoms with van der Waals surface area (Å²) < 4.78 is 0. The molecule has 0 saturated heterocycles. The van der Waals surface area contributed by atoms with Crippen LogP contribution in [0.5, 0.6) is 0 Å². The molecule has 1 aromatic carbocycles. The summed E-state index contributed by atoms with van der Waals surface area (Å²) in [5, 5.41) is 10.5. The molecular weight excluding hydrogens is 250 g/mol. The molecule has 0 amide bonds. The zero-order valence-corrected chi connectivity index (χ0v) is 11.4. The van der Waals surface area contributed by atoms with Gasteiger partial charge in [0.1, 0.15) is 0 Å². The van der Waals surface area contributed by atoms with E-state index in [2.05, 4.69) is 13.8 Å². The molecule has 0 aliphatic carbocycles. The fourth-order valence-electron chi connectivity index (χ4n) is 1.32. The van der Waals surface area contributed by atoms with Crippen LogP contribution in [0.2, 0.25) is 0 Å². The number of nitro benzene ring substituents is 1. The van der Waals surface area contributed by atoms with Gasteiger partial charge in [-0.05, 0) is 23.8 Å². The summed E-state index contributed by atoms with van der Waals surface area (Å²) in [4.78, 5) is 21.8. The summed E-state index contributed by atoms with van der Waals surface area (Å²) in [5.74, 6) is 2.04. The van der Waals surface area contributed by atoms with E-state index in [-0.39, 0.29) is 11.5 Å². The average Bonchev–Trinajstić information content (AvgIpc) is 2.38. The Balaban J connectivity index is 2.49. The number of carbonyl (C=O) groups is 1. The number of thioether (sulfide) groups is 1. The molecule has 0 radical (unpaired) electrons. The second-order valence-electron chi connectivity index (χ2n) is 4.26. The summed E-state index contributed by atoms with van der Waals surface area (Å²) in [6, 6.07) is 5.77. The maximum Gasteiger partial charge on any atom is 0.269 e. The predicted octanol–water partition coefficient (Wildman–Crippen LogP) is 3.56. The molecule has 1 unspecified atom stereocenters. The normalized spacial score (nSPS) is 12.1. The van der Waals surface area contributed by atoms with Crippen LogP contribution in [-0.4, -0.2) is 22.2 Å². The predicted molar refractivity (Wildman–Crippen MR) is 74.2 cm³/mol. The van der Waals surface area contributed by atoms with Crippen LogP contribution in [0.25, 0.3) is 0 Å². The van der Waals surface area contributed by atoms with Crippen LogP contribution in [0.4, 0.5) is 5.69 Å². The van der Waals surface area contributed by atoms with Gasteiger partial charge in [-0.2, -0.15) is 11.8 Å². The Morgan fingerprint density at radius 1 is 1.39 bits per heavy atom. The molecular formula is C13H17NO3S. The lowest BCUT2D eigenvalue weighted by molar-refractivity contribution is -0.384. The highest BCUT2D eigenvalue weighted by atomic mass is 32.2. The molecule has 0 heterocycles. The number of Topliss-reactive ketones (excluding diaryl/α,β-unsaturated/α-hetero) is 1. The molecule has 1 aromatic rings. The number of nitro groups is 1. The Morgan fingerprint density at radius 3 is 2.50 bits per heavy atom. The molecule has 0 aliphatic heterocycles. The summed E-state index contributed by atoms with van der Waals surface area (Å²) in [6.07, 6.45) is 1.11. The summed E-state index contributed by atoms with van der Waals surface area (Å²) in [7, 11) is 0. The lowest BCUT2D eigenvalue weighted by atomic mass is 10.1. The number of ketones is 1. The number of nitrogens with zero attached hydrogens (tertiary/aromatic N) is 1. The van der Waals surface area contributed by atoms with Crippen molar-refractivity contribution in [1.82, 2.24) is 0 Å². The van der Waals surface area contributed by atoms with Crippen molar-refractivity contribution >= 4 is 23.2 Å². The summed E-state index contributed by atoms with van der Waals surface area (Å²) >= 11 is 1.62. The third-order valence-corrected chi connectivity index (χ3v) is 4.00. The second kappa shape index (κ2) is 7.16. The first-order chi connectivity index (χ1) is 8.54. The molecule has 1 atom stereocenters. The van der Waals surface area contributed by atoms with E-state index in [9.17, 15) is 14.9 Å². The van der Waals surface area contributed by atoms with Crippen molar-refractivity contribution in [3.8, 4) is 0 Å². The van der Waals surface area contributed by atoms with Gasteiger partial charge in [-0.25, -0.2) is 0 Å². The topological polar surface area (TPSA) is 60.2 Å². The van der Waals surface area contributed by atoms with Gasteiger partial charge in [0.15, 0.2) is 5.78 Å². The molecule has 0 spiro atoms. The van der Waals surface area contributed by atoms with Crippen molar-refractivity contribution in [2.75, 3.05) is 11.5 Å². The fourth-order valence-corrected chi connectivity index (χ4v) is 2.43. The van der Waals surface area contributed by atoms with Crippen LogP contribution >= 0.6 is 11.8 Å². The van der Waals surface area contributed by atoms with Crippen LogP contribution in [0.15, 0.2) is 24.3 Å². The standard InChI is InChI=1S/C13H17NO3S/c1-3-10(2)8-18-9-13(15)11-4-6-12(7-5-11)14(16)17/h4-7,10H,3,8-9H2,1-2H3. The van der Waals surface area contributed by atoms with Crippen LogP contribution in [0, 0.1) is 16.0 Å². The number of hydrogen-bond donors (Lipinski definition) is 0. The Kier molecular flexibility index (Phi) is 5.85. The zero-order chi connectivity index (χ0) is 13.5. The van der Waals surface area contributed by atoms with Crippen LogP contribution in [0.3, 0.4) is 0 Å². The van der Waals surface area contributed by atoms with Crippen LogP contribution in [0.1, 0.15) is 30.6 Å². The van der Waals surface area contributed by atoms with E-state index in [1.165, 1.54) is 24.3 Å². The lowest BCUT2D eigenvalue weighted by Gasteiger charge is -2.06. The minimum absolute atomic E-state index is 0.0128. The van der Waals surface area contributed by atoms with Crippen molar-refractivity contribution in [3.63, 3.8) is 0 Å². The van der Waals surface area contributed by atoms with Crippen molar-refractivity contribution < 1.29 is 9.72 Å². The van der Waals surface area contributed by atoms with Gasteiger partial charge < -0.3 is 0 Å². The first kappa shape index (κ1) is 14.7. The molecule has 18 heavy (non-hydrogen) atoms. The quantitative estimate of drug-likeness (QED) is 0.430.